The zero-order chi connectivity index (χ0) is 19.3. The molecule has 0 aliphatic rings. The van der Waals surface area contributed by atoms with E-state index in [1.807, 2.05) is 49.4 Å². The zero-order valence-corrected chi connectivity index (χ0v) is 15.6. The van der Waals surface area contributed by atoms with E-state index in [1.165, 1.54) is 0 Å². The number of hydrogen-bond acceptors (Lipinski definition) is 7. The molecule has 0 N–H and O–H groups in total. The summed E-state index contributed by atoms with van der Waals surface area (Å²) in [6.45, 7) is 2.47. The topological polar surface area (TPSA) is 79.5 Å². The molecule has 0 amide bonds. The molecule has 4 aromatic rings. The molecule has 4 rings (SSSR count). The van der Waals surface area contributed by atoms with Crippen molar-refractivity contribution in [3.63, 3.8) is 0 Å². The quantitative estimate of drug-likeness (QED) is 0.448. The first-order chi connectivity index (χ1) is 13.7. The number of nitrogens with zero attached hydrogens (tertiary/aromatic N) is 3. The summed E-state index contributed by atoms with van der Waals surface area (Å²) in [6.07, 6.45) is 3.39. The Labute approximate surface area is 161 Å². The molecule has 7 nitrogen and oxygen atoms in total. The summed E-state index contributed by atoms with van der Waals surface area (Å²) in [6, 6.07) is 13.1. The molecule has 3 heterocycles. The Morgan fingerprint density at radius 3 is 2.57 bits per heavy atom. The smallest absolute Gasteiger partial charge is 0.228 e. The van der Waals surface area contributed by atoms with Crippen LogP contribution in [0, 0.1) is 6.92 Å². The Hall–Kier alpha value is -3.45. The van der Waals surface area contributed by atoms with E-state index >= 15 is 0 Å². The molecule has 0 aliphatic carbocycles. The van der Waals surface area contributed by atoms with Crippen LogP contribution < -0.4 is 9.47 Å². The summed E-state index contributed by atoms with van der Waals surface area (Å²) < 4.78 is 21.8. The Morgan fingerprint density at radius 2 is 1.82 bits per heavy atom. The molecule has 0 bridgehead atoms. The van der Waals surface area contributed by atoms with Crippen molar-refractivity contribution in [3.05, 3.63) is 66.2 Å². The summed E-state index contributed by atoms with van der Waals surface area (Å²) >= 11 is 0. The number of hydrogen-bond donors (Lipinski definition) is 0. The van der Waals surface area contributed by atoms with Gasteiger partial charge in [0.15, 0.2) is 12.4 Å². The molecule has 0 aliphatic heterocycles. The van der Waals surface area contributed by atoms with E-state index < -0.39 is 0 Å². The number of pyridine rings is 2. The first-order valence-electron chi connectivity index (χ1n) is 8.74. The van der Waals surface area contributed by atoms with Gasteiger partial charge in [-0.1, -0.05) is 0 Å². The lowest BCUT2D eigenvalue weighted by atomic mass is 10.2. The Morgan fingerprint density at radius 1 is 0.929 bits per heavy atom. The van der Waals surface area contributed by atoms with Crippen LogP contribution in [0.3, 0.4) is 0 Å². The van der Waals surface area contributed by atoms with E-state index in [0.717, 1.165) is 22.5 Å². The average molecular weight is 377 g/mol. The third-order valence-electron chi connectivity index (χ3n) is 4.05. The van der Waals surface area contributed by atoms with Crippen LogP contribution in [0.2, 0.25) is 0 Å². The van der Waals surface area contributed by atoms with Crippen LogP contribution in [0.1, 0.15) is 11.4 Å². The monoisotopic (exact) mass is 377 g/mol. The minimum Gasteiger partial charge on any atom is -0.487 e. The van der Waals surface area contributed by atoms with Gasteiger partial charge in [-0.15, -0.1) is 0 Å². The third-order valence-corrected chi connectivity index (χ3v) is 4.05. The van der Waals surface area contributed by atoms with Crippen molar-refractivity contribution < 1.29 is 18.6 Å². The van der Waals surface area contributed by atoms with Crippen LogP contribution in [-0.4, -0.2) is 28.9 Å². The molecule has 1 aromatic carbocycles. The predicted molar refractivity (Wildman–Crippen MR) is 103 cm³/mol. The van der Waals surface area contributed by atoms with Crippen molar-refractivity contribution in [2.24, 2.45) is 0 Å². The molecule has 0 unspecified atom stereocenters. The molecule has 0 spiro atoms. The maximum Gasteiger partial charge on any atom is 0.228 e. The number of methoxy groups -OCH3 is 1. The van der Waals surface area contributed by atoms with Crippen LogP contribution in [0.25, 0.3) is 22.6 Å². The van der Waals surface area contributed by atoms with Crippen molar-refractivity contribution in [2.45, 2.75) is 13.5 Å². The van der Waals surface area contributed by atoms with E-state index in [-0.39, 0.29) is 6.79 Å². The van der Waals surface area contributed by atoms with Gasteiger partial charge in [-0.25, -0.2) is 4.98 Å². The second-order valence-corrected chi connectivity index (χ2v) is 6.16. The first-order valence-corrected chi connectivity index (χ1v) is 8.74. The van der Waals surface area contributed by atoms with Crippen molar-refractivity contribution in [1.82, 2.24) is 15.0 Å². The molecule has 0 atom stereocenters. The first kappa shape index (κ1) is 17.9. The van der Waals surface area contributed by atoms with Gasteiger partial charge in [0.2, 0.25) is 5.89 Å². The average Bonchev–Trinajstić information content (AvgIpc) is 3.15. The SMILES string of the molecule is COCOc1ccc(COc2ccc3oc(-c4ccc(C)nc4)nc3c2)nc1. The highest BCUT2D eigenvalue weighted by Crippen LogP contribution is 2.27. The standard InChI is InChI=1S/C21H19N3O4/c1-14-3-4-15(10-22-14)21-24-19-9-17(7-8-20(19)28-21)26-12-16-5-6-18(11-23-16)27-13-25-2/h3-11H,12-13H2,1-2H3. The molecule has 7 heteroatoms. The van der Waals surface area contributed by atoms with E-state index in [4.69, 9.17) is 18.6 Å². The predicted octanol–water partition coefficient (Wildman–Crippen LogP) is 4.15. The van der Waals surface area contributed by atoms with Gasteiger partial charge in [0.1, 0.15) is 23.6 Å². The lowest BCUT2D eigenvalue weighted by Crippen LogP contribution is -2.01. The fourth-order valence-electron chi connectivity index (χ4n) is 2.58. The molecular formula is C21H19N3O4. The van der Waals surface area contributed by atoms with E-state index in [9.17, 15) is 0 Å². The Balaban J connectivity index is 1.45. The van der Waals surface area contributed by atoms with Crippen LogP contribution in [0.5, 0.6) is 11.5 Å². The van der Waals surface area contributed by atoms with Gasteiger partial charge in [0, 0.05) is 25.1 Å². The van der Waals surface area contributed by atoms with E-state index in [1.54, 1.807) is 19.5 Å². The summed E-state index contributed by atoms with van der Waals surface area (Å²) in [5.74, 6) is 1.87. The minimum absolute atomic E-state index is 0.190. The highest BCUT2D eigenvalue weighted by atomic mass is 16.7. The summed E-state index contributed by atoms with van der Waals surface area (Å²) in [5, 5.41) is 0. The van der Waals surface area contributed by atoms with Gasteiger partial charge in [-0.2, -0.15) is 0 Å². The number of fused-ring (bicyclic) bond motifs is 1. The van der Waals surface area contributed by atoms with Crippen LogP contribution in [0.15, 0.2) is 59.3 Å². The third kappa shape index (κ3) is 4.10. The highest BCUT2D eigenvalue weighted by Gasteiger charge is 2.10. The highest BCUT2D eigenvalue weighted by molar-refractivity contribution is 5.77. The number of benzene rings is 1. The summed E-state index contributed by atoms with van der Waals surface area (Å²) in [4.78, 5) is 13.1. The van der Waals surface area contributed by atoms with Crippen molar-refractivity contribution in [2.75, 3.05) is 13.9 Å². The number of aromatic nitrogens is 3. The minimum atomic E-state index is 0.190. The number of aryl methyl sites for hydroxylation is 1. The molecule has 142 valence electrons. The summed E-state index contributed by atoms with van der Waals surface area (Å²) in [5.41, 5.74) is 3.99. The van der Waals surface area contributed by atoms with Gasteiger partial charge in [0.05, 0.1) is 17.5 Å². The van der Waals surface area contributed by atoms with Crippen molar-refractivity contribution >= 4 is 11.1 Å². The van der Waals surface area contributed by atoms with Gasteiger partial charge in [-0.05, 0) is 43.3 Å². The number of ether oxygens (including phenoxy) is 3. The van der Waals surface area contributed by atoms with Gasteiger partial charge in [-0.3, -0.25) is 9.97 Å². The largest absolute Gasteiger partial charge is 0.487 e. The van der Waals surface area contributed by atoms with Crippen molar-refractivity contribution in [1.29, 1.82) is 0 Å². The normalized spacial score (nSPS) is 10.9. The molecule has 0 saturated carbocycles. The number of oxazole rings is 1. The van der Waals surface area contributed by atoms with E-state index in [0.29, 0.717) is 29.6 Å². The number of rotatable bonds is 7. The van der Waals surface area contributed by atoms with Gasteiger partial charge in [0.25, 0.3) is 0 Å². The molecule has 0 radical (unpaired) electrons. The van der Waals surface area contributed by atoms with E-state index in [2.05, 4.69) is 15.0 Å². The van der Waals surface area contributed by atoms with Crippen LogP contribution in [-0.2, 0) is 11.3 Å². The van der Waals surface area contributed by atoms with Crippen LogP contribution >= 0.6 is 0 Å². The molecule has 28 heavy (non-hydrogen) atoms. The summed E-state index contributed by atoms with van der Waals surface area (Å²) in [7, 11) is 1.57. The maximum atomic E-state index is 5.83. The lowest BCUT2D eigenvalue weighted by Gasteiger charge is -2.07. The van der Waals surface area contributed by atoms with Crippen LogP contribution in [0.4, 0.5) is 0 Å². The molecule has 0 saturated heterocycles. The fraction of sp³-hybridized carbons (Fsp3) is 0.190. The second-order valence-electron chi connectivity index (χ2n) is 6.16. The van der Waals surface area contributed by atoms with Crippen molar-refractivity contribution in [3.8, 4) is 23.0 Å². The van der Waals surface area contributed by atoms with Gasteiger partial charge < -0.3 is 18.6 Å². The molecule has 3 aromatic heterocycles. The second kappa shape index (κ2) is 8.06. The fourth-order valence-corrected chi connectivity index (χ4v) is 2.58. The maximum absolute atomic E-state index is 5.83. The Kier molecular flexibility index (Phi) is 5.16. The van der Waals surface area contributed by atoms with Gasteiger partial charge >= 0.3 is 0 Å². The lowest BCUT2D eigenvalue weighted by molar-refractivity contribution is 0.0508. The Bertz CT molecular complexity index is 1060. The molecule has 0 fully saturated rings. The zero-order valence-electron chi connectivity index (χ0n) is 15.6. The molecular weight excluding hydrogens is 358 g/mol.